The van der Waals surface area contributed by atoms with Crippen molar-refractivity contribution in [2.24, 2.45) is 0 Å². The minimum absolute atomic E-state index is 0.705. The first kappa shape index (κ1) is 13.8. The average molecular weight is 269 g/mol. The minimum atomic E-state index is -0.782. The molecule has 0 spiro atoms. The number of nitrogens with one attached hydrogen (secondary N) is 1. The Bertz CT molecular complexity index is 372. The van der Waals surface area contributed by atoms with Crippen molar-refractivity contribution in [2.75, 3.05) is 32.7 Å². The summed E-state index contributed by atoms with van der Waals surface area (Å²) in [5, 5.41) is 14.6. The maximum atomic E-state index is 10.5. The normalized spacial score (nSPS) is 20.6. The second-order valence-electron chi connectivity index (χ2n) is 5.12. The first-order valence-corrected chi connectivity index (χ1v) is 6.87. The monoisotopic (exact) mass is 268 g/mol. The van der Waals surface area contributed by atoms with Gasteiger partial charge in [0, 0.05) is 37.7 Å². The lowest BCUT2D eigenvalue weighted by Crippen LogP contribution is -2.45. The van der Waals surface area contributed by atoms with Crippen LogP contribution in [0.25, 0.3) is 0 Å². The van der Waals surface area contributed by atoms with Crippen molar-refractivity contribution in [3.8, 4) is 0 Å². The van der Waals surface area contributed by atoms with E-state index in [0.717, 1.165) is 44.7 Å². The molecule has 18 heavy (non-hydrogen) atoms. The average Bonchev–Trinajstić information content (AvgIpc) is 2.38. The summed E-state index contributed by atoms with van der Waals surface area (Å²) >= 11 is 5.86. The summed E-state index contributed by atoms with van der Waals surface area (Å²) in [6.07, 6.45) is 0.745. The summed E-state index contributed by atoms with van der Waals surface area (Å²) in [5.74, 6) is 0. The van der Waals surface area contributed by atoms with E-state index in [1.54, 1.807) is 0 Å². The van der Waals surface area contributed by atoms with E-state index in [-0.39, 0.29) is 0 Å². The Morgan fingerprint density at radius 3 is 2.50 bits per heavy atom. The maximum Gasteiger partial charge on any atom is 0.0880 e. The smallest absolute Gasteiger partial charge is 0.0880 e. The molecule has 1 saturated heterocycles. The lowest BCUT2D eigenvalue weighted by Gasteiger charge is -2.31. The van der Waals surface area contributed by atoms with Gasteiger partial charge in [0.05, 0.1) is 5.60 Å². The third-order valence-electron chi connectivity index (χ3n) is 3.59. The molecule has 4 heteroatoms. The van der Waals surface area contributed by atoms with Crippen LogP contribution in [0.4, 0.5) is 0 Å². The van der Waals surface area contributed by atoms with Gasteiger partial charge in [0.25, 0.3) is 0 Å². The maximum absolute atomic E-state index is 10.5. The van der Waals surface area contributed by atoms with Gasteiger partial charge in [-0.2, -0.15) is 0 Å². The summed E-state index contributed by atoms with van der Waals surface area (Å²) < 4.78 is 0. The molecule has 2 rings (SSSR count). The molecule has 1 aliphatic rings. The van der Waals surface area contributed by atoms with Gasteiger partial charge in [0.1, 0.15) is 0 Å². The quantitative estimate of drug-likeness (QED) is 0.875. The number of piperazine rings is 1. The Labute approximate surface area is 114 Å². The van der Waals surface area contributed by atoms with Gasteiger partial charge >= 0.3 is 0 Å². The van der Waals surface area contributed by atoms with E-state index < -0.39 is 5.60 Å². The summed E-state index contributed by atoms with van der Waals surface area (Å²) in [7, 11) is 0. The first-order chi connectivity index (χ1) is 8.58. The fraction of sp³-hybridized carbons (Fsp3) is 0.571. The minimum Gasteiger partial charge on any atom is -0.385 e. The summed E-state index contributed by atoms with van der Waals surface area (Å²) in [6.45, 7) is 7.02. The highest BCUT2D eigenvalue weighted by atomic mass is 35.5. The fourth-order valence-electron chi connectivity index (χ4n) is 2.26. The van der Waals surface area contributed by atoms with Crippen molar-refractivity contribution >= 4 is 11.6 Å². The molecule has 1 aromatic rings. The molecule has 2 N–H and O–H groups in total. The molecule has 0 aromatic heterocycles. The van der Waals surface area contributed by atoms with Gasteiger partial charge in [-0.05, 0) is 31.0 Å². The molecule has 1 atom stereocenters. The van der Waals surface area contributed by atoms with E-state index in [0.29, 0.717) is 5.02 Å². The second-order valence-corrected chi connectivity index (χ2v) is 5.56. The van der Waals surface area contributed by atoms with Crippen molar-refractivity contribution < 1.29 is 5.11 Å². The van der Waals surface area contributed by atoms with Crippen molar-refractivity contribution in [1.82, 2.24) is 10.2 Å². The van der Waals surface area contributed by atoms with Crippen LogP contribution in [-0.4, -0.2) is 42.7 Å². The third-order valence-corrected chi connectivity index (χ3v) is 3.84. The fourth-order valence-corrected chi connectivity index (χ4v) is 2.39. The first-order valence-electron chi connectivity index (χ1n) is 6.49. The van der Waals surface area contributed by atoms with Gasteiger partial charge in [0.2, 0.25) is 0 Å². The zero-order valence-corrected chi connectivity index (χ0v) is 11.6. The van der Waals surface area contributed by atoms with E-state index in [1.165, 1.54) is 0 Å². The van der Waals surface area contributed by atoms with E-state index in [9.17, 15) is 5.11 Å². The zero-order valence-electron chi connectivity index (χ0n) is 10.8. The Balaban J connectivity index is 1.91. The molecule has 3 nitrogen and oxygen atoms in total. The Morgan fingerprint density at radius 1 is 1.28 bits per heavy atom. The third kappa shape index (κ3) is 3.69. The van der Waals surface area contributed by atoms with E-state index in [2.05, 4.69) is 10.2 Å². The van der Waals surface area contributed by atoms with E-state index in [4.69, 9.17) is 11.6 Å². The lowest BCUT2D eigenvalue weighted by atomic mass is 9.92. The summed E-state index contributed by atoms with van der Waals surface area (Å²) in [5.41, 5.74) is 0.150. The molecule has 1 aromatic carbocycles. The number of halogens is 1. The topological polar surface area (TPSA) is 35.5 Å². The standard InChI is InChI=1S/C14H21ClN2O/c1-14(18,12-2-4-13(15)5-3-12)6-9-17-10-7-16-8-11-17/h2-5,16,18H,6-11H2,1H3. The Kier molecular flexibility index (Phi) is 4.62. The van der Waals surface area contributed by atoms with Crippen LogP contribution in [0.3, 0.4) is 0 Å². The molecule has 0 aliphatic carbocycles. The van der Waals surface area contributed by atoms with Gasteiger partial charge in [-0.25, -0.2) is 0 Å². The van der Waals surface area contributed by atoms with E-state index >= 15 is 0 Å². The Hall–Kier alpha value is -0.610. The zero-order chi connectivity index (χ0) is 13.0. The molecular formula is C14H21ClN2O. The number of rotatable bonds is 4. The van der Waals surface area contributed by atoms with Crippen LogP contribution in [0.5, 0.6) is 0 Å². The predicted octanol–water partition coefficient (Wildman–Crippen LogP) is 1.84. The van der Waals surface area contributed by atoms with Crippen LogP contribution in [0.15, 0.2) is 24.3 Å². The molecular weight excluding hydrogens is 248 g/mol. The Morgan fingerprint density at radius 2 is 1.89 bits per heavy atom. The van der Waals surface area contributed by atoms with Gasteiger partial charge in [-0.15, -0.1) is 0 Å². The number of aliphatic hydroxyl groups is 1. The van der Waals surface area contributed by atoms with Gasteiger partial charge in [0.15, 0.2) is 0 Å². The lowest BCUT2D eigenvalue weighted by molar-refractivity contribution is 0.0345. The highest BCUT2D eigenvalue weighted by Gasteiger charge is 2.24. The second kappa shape index (κ2) is 6.02. The summed E-state index contributed by atoms with van der Waals surface area (Å²) in [4.78, 5) is 2.39. The molecule has 0 saturated carbocycles. The van der Waals surface area contributed by atoms with E-state index in [1.807, 2.05) is 31.2 Å². The van der Waals surface area contributed by atoms with Crippen molar-refractivity contribution in [1.29, 1.82) is 0 Å². The number of hydrogen-bond donors (Lipinski definition) is 2. The van der Waals surface area contributed by atoms with Crippen LogP contribution in [-0.2, 0) is 5.60 Å². The van der Waals surface area contributed by atoms with Crippen molar-refractivity contribution in [2.45, 2.75) is 18.9 Å². The molecule has 0 bridgehead atoms. The van der Waals surface area contributed by atoms with Crippen molar-refractivity contribution in [3.63, 3.8) is 0 Å². The van der Waals surface area contributed by atoms with Gasteiger partial charge < -0.3 is 15.3 Å². The highest BCUT2D eigenvalue weighted by Crippen LogP contribution is 2.26. The molecule has 1 aliphatic heterocycles. The highest BCUT2D eigenvalue weighted by molar-refractivity contribution is 6.30. The molecule has 0 amide bonds. The molecule has 0 radical (unpaired) electrons. The van der Waals surface area contributed by atoms with Crippen LogP contribution >= 0.6 is 11.6 Å². The van der Waals surface area contributed by atoms with Crippen LogP contribution < -0.4 is 5.32 Å². The predicted molar refractivity (Wildman–Crippen MR) is 74.9 cm³/mol. The largest absolute Gasteiger partial charge is 0.385 e. The number of hydrogen-bond acceptors (Lipinski definition) is 3. The van der Waals surface area contributed by atoms with Crippen molar-refractivity contribution in [3.05, 3.63) is 34.9 Å². The molecule has 1 unspecified atom stereocenters. The molecule has 100 valence electrons. The number of nitrogens with zero attached hydrogens (tertiary/aromatic N) is 1. The number of benzene rings is 1. The molecule has 1 heterocycles. The van der Waals surface area contributed by atoms with Gasteiger partial charge in [-0.1, -0.05) is 23.7 Å². The van der Waals surface area contributed by atoms with Crippen LogP contribution in [0.1, 0.15) is 18.9 Å². The van der Waals surface area contributed by atoms with Gasteiger partial charge in [-0.3, -0.25) is 0 Å². The van der Waals surface area contributed by atoms with Crippen LogP contribution in [0, 0.1) is 0 Å². The molecule has 1 fully saturated rings. The summed E-state index contributed by atoms with van der Waals surface area (Å²) in [6, 6.07) is 7.46. The SMILES string of the molecule is CC(O)(CCN1CCNCC1)c1ccc(Cl)cc1. The van der Waals surface area contributed by atoms with Crippen LogP contribution in [0.2, 0.25) is 5.02 Å².